The number of aliphatic hydroxyl groups is 1. The fourth-order valence-electron chi connectivity index (χ4n) is 2.38. The SMILES string of the molecule is Cc1ccc(C2(C)NC(=O)N(CCCO)C2=O)cc1C. The van der Waals surface area contributed by atoms with E-state index in [-0.39, 0.29) is 19.1 Å². The number of rotatable bonds is 4. The number of nitrogens with zero attached hydrogens (tertiary/aromatic N) is 1. The molecular formula is C15H20N2O3. The van der Waals surface area contributed by atoms with Crippen molar-refractivity contribution >= 4 is 11.9 Å². The van der Waals surface area contributed by atoms with E-state index in [1.807, 2.05) is 32.0 Å². The number of imide groups is 1. The fourth-order valence-corrected chi connectivity index (χ4v) is 2.38. The van der Waals surface area contributed by atoms with Crippen LogP contribution in [0.25, 0.3) is 0 Å². The summed E-state index contributed by atoms with van der Waals surface area (Å²) in [6.07, 6.45) is 0.391. The molecule has 1 saturated heterocycles. The van der Waals surface area contributed by atoms with Gasteiger partial charge in [0.05, 0.1) is 0 Å². The number of nitrogens with one attached hydrogen (secondary N) is 1. The zero-order chi connectivity index (χ0) is 14.9. The van der Waals surface area contributed by atoms with Crippen LogP contribution in [-0.2, 0) is 10.3 Å². The number of hydrogen-bond acceptors (Lipinski definition) is 3. The van der Waals surface area contributed by atoms with Gasteiger partial charge in [-0.25, -0.2) is 4.79 Å². The summed E-state index contributed by atoms with van der Waals surface area (Å²) in [5, 5.41) is 11.6. The zero-order valence-corrected chi connectivity index (χ0v) is 12.1. The third-order valence-electron chi connectivity index (χ3n) is 3.90. The van der Waals surface area contributed by atoms with Crippen LogP contribution in [-0.4, -0.2) is 35.1 Å². The highest BCUT2D eigenvalue weighted by molar-refractivity contribution is 6.07. The maximum atomic E-state index is 12.5. The Labute approximate surface area is 118 Å². The normalized spacial score (nSPS) is 22.3. The molecular weight excluding hydrogens is 256 g/mol. The van der Waals surface area contributed by atoms with Crippen molar-refractivity contribution < 1.29 is 14.7 Å². The van der Waals surface area contributed by atoms with Gasteiger partial charge in [-0.3, -0.25) is 9.69 Å². The topological polar surface area (TPSA) is 69.6 Å². The van der Waals surface area contributed by atoms with E-state index in [2.05, 4.69) is 5.32 Å². The lowest BCUT2D eigenvalue weighted by molar-refractivity contribution is -0.131. The highest BCUT2D eigenvalue weighted by Gasteiger charge is 2.48. The number of hydrogen-bond donors (Lipinski definition) is 2. The number of aryl methyl sites for hydroxylation is 2. The maximum absolute atomic E-state index is 12.5. The van der Waals surface area contributed by atoms with Crippen molar-refractivity contribution in [3.05, 3.63) is 34.9 Å². The Hall–Kier alpha value is -1.88. The van der Waals surface area contributed by atoms with Crippen LogP contribution in [0.3, 0.4) is 0 Å². The molecule has 1 fully saturated rings. The highest BCUT2D eigenvalue weighted by Crippen LogP contribution is 2.30. The minimum atomic E-state index is -1.02. The molecule has 0 saturated carbocycles. The summed E-state index contributed by atoms with van der Waals surface area (Å²) in [7, 11) is 0. The number of aliphatic hydroxyl groups excluding tert-OH is 1. The van der Waals surface area contributed by atoms with E-state index < -0.39 is 11.6 Å². The molecule has 0 aromatic heterocycles. The van der Waals surface area contributed by atoms with E-state index in [0.717, 1.165) is 16.7 Å². The molecule has 0 radical (unpaired) electrons. The monoisotopic (exact) mass is 276 g/mol. The Morgan fingerprint density at radius 3 is 2.55 bits per heavy atom. The summed E-state index contributed by atoms with van der Waals surface area (Å²) in [6, 6.07) is 5.36. The van der Waals surface area contributed by atoms with E-state index in [4.69, 9.17) is 5.11 Å². The van der Waals surface area contributed by atoms with Crippen molar-refractivity contribution in [3.8, 4) is 0 Å². The van der Waals surface area contributed by atoms with Crippen LogP contribution in [0, 0.1) is 13.8 Å². The number of carbonyl (C=O) groups excluding carboxylic acids is 2. The fraction of sp³-hybridized carbons (Fsp3) is 0.467. The lowest BCUT2D eigenvalue weighted by Gasteiger charge is -2.23. The molecule has 2 N–H and O–H groups in total. The first-order valence-corrected chi connectivity index (χ1v) is 6.73. The quantitative estimate of drug-likeness (QED) is 0.818. The number of carbonyl (C=O) groups is 2. The average Bonchev–Trinajstić information content (AvgIpc) is 2.62. The molecule has 0 bridgehead atoms. The van der Waals surface area contributed by atoms with Crippen LogP contribution in [0.2, 0.25) is 0 Å². The molecule has 1 heterocycles. The van der Waals surface area contributed by atoms with Gasteiger partial charge in [-0.1, -0.05) is 18.2 Å². The van der Waals surface area contributed by atoms with Gasteiger partial charge in [0.1, 0.15) is 5.54 Å². The molecule has 5 heteroatoms. The second-order valence-corrected chi connectivity index (χ2v) is 5.39. The lowest BCUT2D eigenvalue weighted by atomic mass is 9.90. The van der Waals surface area contributed by atoms with Crippen molar-refractivity contribution in [2.24, 2.45) is 0 Å². The minimum absolute atomic E-state index is 0.0442. The first-order valence-electron chi connectivity index (χ1n) is 6.73. The average molecular weight is 276 g/mol. The number of urea groups is 1. The first-order chi connectivity index (χ1) is 9.40. The molecule has 3 amide bonds. The van der Waals surface area contributed by atoms with Gasteiger partial charge in [0.2, 0.25) is 0 Å². The molecule has 1 aromatic carbocycles. The Morgan fingerprint density at radius 2 is 1.95 bits per heavy atom. The Bertz CT molecular complexity index is 556. The summed E-state index contributed by atoms with van der Waals surface area (Å²) in [5.74, 6) is -0.265. The van der Waals surface area contributed by atoms with E-state index in [0.29, 0.717) is 6.42 Å². The summed E-state index contributed by atoms with van der Waals surface area (Å²) >= 11 is 0. The van der Waals surface area contributed by atoms with Crippen molar-refractivity contribution in [2.75, 3.05) is 13.2 Å². The lowest BCUT2D eigenvalue weighted by Crippen LogP contribution is -2.41. The van der Waals surface area contributed by atoms with E-state index in [1.165, 1.54) is 4.90 Å². The molecule has 0 aliphatic carbocycles. The van der Waals surface area contributed by atoms with E-state index >= 15 is 0 Å². The summed E-state index contributed by atoms with van der Waals surface area (Å²) in [6.45, 7) is 5.90. The van der Waals surface area contributed by atoms with Crippen LogP contribution in [0.1, 0.15) is 30.0 Å². The summed E-state index contributed by atoms with van der Waals surface area (Å²) < 4.78 is 0. The molecule has 2 rings (SSSR count). The summed E-state index contributed by atoms with van der Waals surface area (Å²) in [5.41, 5.74) is 1.99. The molecule has 1 unspecified atom stereocenters. The molecule has 1 aliphatic heterocycles. The van der Waals surface area contributed by atoms with E-state index in [1.54, 1.807) is 6.92 Å². The van der Waals surface area contributed by atoms with Gasteiger partial charge in [0.25, 0.3) is 5.91 Å². The zero-order valence-electron chi connectivity index (χ0n) is 12.1. The highest BCUT2D eigenvalue weighted by atomic mass is 16.3. The predicted molar refractivity (Wildman–Crippen MR) is 75.2 cm³/mol. The van der Waals surface area contributed by atoms with Gasteiger partial charge in [-0.05, 0) is 43.9 Å². The molecule has 5 nitrogen and oxygen atoms in total. The third kappa shape index (κ3) is 2.29. The van der Waals surface area contributed by atoms with Gasteiger partial charge in [0.15, 0.2) is 0 Å². The van der Waals surface area contributed by atoms with Gasteiger partial charge in [-0.2, -0.15) is 0 Å². The van der Waals surface area contributed by atoms with Crippen LogP contribution in [0.15, 0.2) is 18.2 Å². The molecule has 108 valence electrons. The van der Waals surface area contributed by atoms with Crippen LogP contribution in [0.5, 0.6) is 0 Å². The van der Waals surface area contributed by atoms with Crippen LogP contribution >= 0.6 is 0 Å². The largest absolute Gasteiger partial charge is 0.396 e. The Morgan fingerprint density at radius 1 is 1.25 bits per heavy atom. The van der Waals surface area contributed by atoms with E-state index in [9.17, 15) is 9.59 Å². The predicted octanol–water partition coefficient (Wildman–Crippen LogP) is 1.45. The first kappa shape index (κ1) is 14.5. The van der Waals surface area contributed by atoms with Crippen LogP contribution in [0.4, 0.5) is 4.79 Å². The molecule has 1 atom stereocenters. The van der Waals surface area contributed by atoms with Crippen LogP contribution < -0.4 is 5.32 Å². The van der Waals surface area contributed by atoms with Crippen molar-refractivity contribution in [3.63, 3.8) is 0 Å². The maximum Gasteiger partial charge on any atom is 0.325 e. The number of benzene rings is 1. The minimum Gasteiger partial charge on any atom is -0.396 e. The third-order valence-corrected chi connectivity index (χ3v) is 3.90. The standard InChI is InChI=1S/C15H20N2O3/c1-10-5-6-12(9-11(10)2)15(3)13(19)17(7-4-8-18)14(20)16-15/h5-6,9,18H,4,7-8H2,1-3H3,(H,16,20). The molecule has 20 heavy (non-hydrogen) atoms. The van der Waals surface area contributed by atoms with Gasteiger partial charge < -0.3 is 10.4 Å². The Kier molecular flexibility index (Phi) is 3.81. The van der Waals surface area contributed by atoms with Gasteiger partial charge in [-0.15, -0.1) is 0 Å². The van der Waals surface area contributed by atoms with Gasteiger partial charge >= 0.3 is 6.03 Å². The van der Waals surface area contributed by atoms with Crippen molar-refractivity contribution in [2.45, 2.75) is 32.7 Å². The smallest absolute Gasteiger partial charge is 0.325 e. The molecule has 1 aromatic rings. The summed E-state index contributed by atoms with van der Waals surface area (Å²) in [4.78, 5) is 25.6. The second kappa shape index (κ2) is 5.25. The molecule has 0 spiro atoms. The van der Waals surface area contributed by atoms with Crippen molar-refractivity contribution in [1.82, 2.24) is 10.2 Å². The van der Waals surface area contributed by atoms with Crippen molar-refractivity contribution in [1.29, 1.82) is 0 Å². The molecule has 1 aliphatic rings. The van der Waals surface area contributed by atoms with Gasteiger partial charge in [0, 0.05) is 13.2 Å². The Balaban J connectivity index is 2.33. The second-order valence-electron chi connectivity index (χ2n) is 5.39. The number of amides is 3.